The minimum Gasteiger partial charge on any atom is -0.369 e. The smallest absolute Gasteiger partial charge is 0.325 e. The molecule has 4 amide bonds. The first kappa shape index (κ1) is 19.2. The Labute approximate surface area is 160 Å². The number of primary amides is 1. The number of benzene rings is 1. The first-order valence-electron chi connectivity index (χ1n) is 9.60. The molecule has 2 aliphatic rings. The van der Waals surface area contributed by atoms with Gasteiger partial charge in [-0.2, -0.15) is 0 Å². The largest absolute Gasteiger partial charge is 0.369 e. The number of urea groups is 1. The lowest BCUT2D eigenvalue weighted by Gasteiger charge is -2.31. The summed E-state index contributed by atoms with van der Waals surface area (Å²) in [6.07, 6.45) is 1.20. The third kappa shape index (κ3) is 4.23. The summed E-state index contributed by atoms with van der Waals surface area (Å²) in [4.78, 5) is 41.5. The monoisotopic (exact) mass is 372 g/mol. The maximum absolute atomic E-state index is 12.7. The second-order valence-electron chi connectivity index (χ2n) is 7.66. The van der Waals surface area contributed by atoms with Gasteiger partial charge in [0.05, 0.1) is 0 Å². The van der Waals surface area contributed by atoms with Crippen LogP contribution in [0.2, 0.25) is 0 Å². The van der Waals surface area contributed by atoms with Crippen LogP contribution >= 0.6 is 0 Å². The number of likely N-dealkylation sites (tertiary alicyclic amines) is 1. The van der Waals surface area contributed by atoms with Crippen LogP contribution < -0.4 is 10.6 Å². The molecule has 1 aromatic rings. The van der Waals surface area contributed by atoms with Gasteiger partial charge in [-0.15, -0.1) is 0 Å². The predicted molar refractivity (Wildman–Crippen MR) is 103 cm³/mol. The minimum absolute atomic E-state index is 0.0664. The van der Waals surface area contributed by atoms with E-state index in [0.29, 0.717) is 44.9 Å². The van der Waals surface area contributed by atoms with Gasteiger partial charge in [0.15, 0.2) is 0 Å². The van der Waals surface area contributed by atoms with E-state index in [-0.39, 0.29) is 30.3 Å². The first-order chi connectivity index (χ1) is 12.9. The highest BCUT2D eigenvalue weighted by Gasteiger charge is 2.33. The third-order valence-electron chi connectivity index (χ3n) is 5.54. The highest BCUT2D eigenvalue weighted by molar-refractivity contribution is 5.96. The molecule has 0 saturated carbocycles. The normalized spacial score (nSPS) is 18.5. The molecule has 0 unspecified atom stereocenters. The Balaban J connectivity index is 1.55. The van der Waals surface area contributed by atoms with Gasteiger partial charge in [-0.25, -0.2) is 4.79 Å². The van der Waals surface area contributed by atoms with Crippen LogP contribution in [0.3, 0.4) is 0 Å². The fourth-order valence-electron chi connectivity index (χ4n) is 3.68. The molecule has 2 aliphatic heterocycles. The number of rotatable bonds is 5. The van der Waals surface area contributed by atoms with E-state index < -0.39 is 0 Å². The van der Waals surface area contributed by atoms with Crippen LogP contribution in [0, 0.1) is 5.92 Å². The molecule has 7 heteroatoms. The SMILES string of the molecule is CC(C)c1ccc(N2CCN(CC(=O)N3CCC(C(N)=O)CC3)C2=O)cc1. The summed E-state index contributed by atoms with van der Waals surface area (Å²) in [5.74, 6) is -0.0628. The van der Waals surface area contributed by atoms with Crippen LogP contribution in [0.25, 0.3) is 0 Å². The second kappa shape index (κ2) is 7.98. The van der Waals surface area contributed by atoms with E-state index in [9.17, 15) is 14.4 Å². The molecule has 2 saturated heterocycles. The molecule has 2 N–H and O–H groups in total. The van der Waals surface area contributed by atoms with Crippen molar-refractivity contribution >= 4 is 23.5 Å². The lowest BCUT2D eigenvalue weighted by atomic mass is 9.96. The average Bonchev–Trinajstić information content (AvgIpc) is 3.02. The zero-order valence-corrected chi connectivity index (χ0v) is 16.1. The molecule has 3 rings (SSSR count). The van der Waals surface area contributed by atoms with E-state index in [4.69, 9.17) is 5.73 Å². The fourth-order valence-corrected chi connectivity index (χ4v) is 3.68. The summed E-state index contributed by atoms with van der Waals surface area (Å²) in [6.45, 7) is 6.51. The minimum atomic E-state index is -0.295. The zero-order valence-electron chi connectivity index (χ0n) is 16.1. The quantitative estimate of drug-likeness (QED) is 0.855. The molecule has 27 heavy (non-hydrogen) atoms. The number of amides is 4. The van der Waals surface area contributed by atoms with Gasteiger partial charge in [-0.05, 0) is 36.5 Å². The molecule has 7 nitrogen and oxygen atoms in total. The Hall–Kier alpha value is -2.57. The van der Waals surface area contributed by atoms with Crippen molar-refractivity contribution in [2.45, 2.75) is 32.6 Å². The number of hydrogen-bond acceptors (Lipinski definition) is 3. The van der Waals surface area contributed by atoms with Crippen molar-refractivity contribution in [3.8, 4) is 0 Å². The van der Waals surface area contributed by atoms with Gasteiger partial charge >= 0.3 is 6.03 Å². The van der Waals surface area contributed by atoms with E-state index in [1.54, 1.807) is 14.7 Å². The topological polar surface area (TPSA) is 86.9 Å². The molecule has 0 spiro atoms. The van der Waals surface area contributed by atoms with E-state index in [2.05, 4.69) is 13.8 Å². The molecule has 1 aromatic carbocycles. The first-order valence-corrected chi connectivity index (χ1v) is 9.60. The zero-order chi connectivity index (χ0) is 19.6. The molecule has 2 heterocycles. The van der Waals surface area contributed by atoms with Crippen molar-refractivity contribution in [1.82, 2.24) is 9.80 Å². The van der Waals surface area contributed by atoms with Crippen molar-refractivity contribution in [2.24, 2.45) is 11.7 Å². The van der Waals surface area contributed by atoms with E-state index in [1.807, 2.05) is 24.3 Å². The number of carbonyl (C=O) groups is 3. The summed E-state index contributed by atoms with van der Waals surface area (Å²) in [6, 6.07) is 7.89. The van der Waals surface area contributed by atoms with Crippen molar-refractivity contribution in [3.63, 3.8) is 0 Å². The molecule has 0 aromatic heterocycles. The number of carbonyl (C=O) groups excluding carboxylic acids is 3. The lowest BCUT2D eigenvalue weighted by Crippen LogP contribution is -2.46. The highest BCUT2D eigenvalue weighted by atomic mass is 16.2. The van der Waals surface area contributed by atoms with Gasteiger partial charge in [0.25, 0.3) is 0 Å². The van der Waals surface area contributed by atoms with E-state index in [0.717, 1.165) is 5.69 Å². The summed E-state index contributed by atoms with van der Waals surface area (Å²) >= 11 is 0. The predicted octanol–water partition coefficient (Wildman–Crippen LogP) is 1.78. The van der Waals surface area contributed by atoms with Gasteiger partial charge < -0.3 is 15.5 Å². The van der Waals surface area contributed by atoms with Gasteiger partial charge in [0.1, 0.15) is 6.54 Å². The Bertz CT molecular complexity index is 708. The van der Waals surface area contributed by atoms with Crippen LogP contribution in [-0.2, 0) is 9.59 Å². The Morgan fingerprint density at radius 1 is 1.07 bits per heavy atom. The summed E-state index contributed by atoms with van der Waals surface area (Å²) in [5, 5.41) is 0. The molecule has 2 fully saturated rings. The van der Waals surface area contributed by atoms with Gasteiger partial charge in [-0.1, -0.05) is 26.0 Å². The van der Waals surface area contributed by atoms with Gasteiger partial charge in [0.2, 0.25) is 11.8 Å². The maximum Gasteiger partial charge on any atom is 0.325 e. The standard InChI is InChI=1S/C20H28N4O3/c1-14(2)15-3-5-17(6-4-15)24-12-11-23(20(24)27)13-18(25)22-9-7-16(8-10-22)19(21)26/h3-6,14,16H,7-13H2,1-2H3,(H2,21,26). The number of piperidine rings is 1. The third-order valence-corrected chi connectivity index (χ3v) is 5.54. The molecule has 0 atom stereocenters. The van der Waals surface area contributed by atoms with Crippen LogP contribution in [0.5, 0.6) is 0 Å². The summed E-state index contributed by atoms with van der Waals surface area (Å²) < 4.78 is 0. The van der Waals surface area contributed by atoms with Crippen molar-refractivity contribution in [1.29, 1.82) is 0 Å². The maximum atomic E-state index is 12.7. The van der Waals surface area contributed by atoms with E-state index >= 15 is 0 Å². The number of nitrogens with two attached hydrogens (primary N) is 1. The number of anilines is 1. The van der Waals surface area contributed by atoms with Crippen molar-refractivity contribution in [2.75, 3.05) is 37.6 Å². The molecule has 0 radical (unpaired) electrons. The number of hydrogen-bond donors (Lipinski definition) is 1. The van der Waals surface area contributed by atoms with Crippen molar-refractivity contribution < 1.29 is 14.4 Å². The van der Waals surface area contributed by atoms with Crippen LogP contribution in [0.4, 0.5) is 10.5 Å². The molecule has 0 bridgehead atoms. The molecular formula is C20H28N4O3. The van der Waals surface area contributed by atoms with Gasteiger partial charge in [-0.3, -0.25) is 14.5 Å². The van der Waals surface area contributed by atoms with Crippen LogP contribution in [0.1, 0.15) is 38.2 Å². The second-order valence-corrected chi connectivity index (χ2v) is 7.66. The van der Waals surface area contributed by atoms with E-state index in [1.165, 1.54) is 5.56 Å². The van der Waals surface area contributed by atoms with Crippen LogP contribution in [-0.4, -0.2) is 60.4 Å². The number of nitrogens with zero attached hydrogens (tertiary/aromatic N) is 3. The molecule has 0 aliphatic carbocycles. The van der Waals surface area contributed by atoms with Gasteiger partial charge in [0, 0.05) is 37.8 Å². The Morgan fingerprint density at radius 2 is 1.70 bits per heavy atom. The lowest BCUT2D eigenvalue weighted by molar-refractivity contribution is -0.135. The Kier molecular flexibility index (Phi) is 5.68. The molecule has 146 valence electrons. The summed E-state index contributed by atoms with van der Waals surface area (Å²) in [5.41, 5.74) is 7.43. The average molecular weight is 372 g/mol. The highest BCUT2D eigenvalue weighted by Crippen LogP contribution is 2.24. The Morgan fingerprint density at radius 3 is 2.26 bits per heavy atom. The van der Waals surface area contributed by atoms with Crippen LogP contribution in [0.15, 0.2) is 24.3 Å². The summed E-state index contributed by atoms with van der Waals surface area (Å²) in [7, 11) is 0. The van der Waals surface area contributed by atoms with Crippen molar-refractivity contribution in [3.05, 3.63) is 29.8 Å². The molecular weight excluding hydrogens is 344 g/mol. The fraction of sp³-hybridized carbons (Fsp3) is 0.550.